The van der Waals surface area contributed by atoms with Gasteiger partial charge in [-0.1, -0.05) is 18.9 Å². The molecule has 0 bridgehead atoms. The third-order valence-electron chi connectivity index (χ3n) is 6.18. The van der Waals surface area contributed by atoms with Crippen molar-refractivity contribution in [1.82, 2.24) is 9.80 Å². The molecule has 0 unspecified atom stereocenters. The Balaban J connectivity index is 1.49. The Hall–Kier alpha value is -0.920. The summed E-state index contributed by atoms with van der Waals surface area (Å²) in [7, 11) is -2.98. The molecule has 3 aliphatic rings. The maximum atomic E-state index is 13.3. The third kappa shape index (κ3) is 3.85. The van der Waals surface area contributed by atoms with E-state index in [0.29, 0.717) is 19.0 Å². The number of hydrogen-bond acceptors (Lipinski definition) is 5. The van der Waals surface area contributed by atoms with E-state index in [4.69, 9.17) is 0 Å². The molecule has 1 aliphatic carbocycles. The lowest BCUT2D eigenvalue weighted by atomic mass is 10.1. The van der Waals surface area contributed by atoms with Crippen LogP contribution in [0.25, 0.3) is 0 Å². The van der Waals surface area contributed by atoms with Crippen molar-refractivity contribution in [3.8, 4) is 0 Å². The average molecular weight is 397 g/mol. The minimum atomic E-state index is -2.98. The first kappa shape index (κ1) is 18.4. The highest BCUT2D eigenvalue weighted by Gasteiger charge is 2.40. The number of nitrogens with zero attached hydrogens (tertiary/aromatic N) is 2. The highest BCUT2D eigenvalue weighted by molar-refractivity contribution is 7.91. The van der Waals surface area contributed by atoms with Gasteiger partial charge in [0.2, 0.25) is 5.91 Å². The van der Waals surface area contributed by atoms with E-state index in [1.165, 1.54) is 4.88 Å². The molecular weight excluding hydrogens is 368 g/mol. The topological polar surface area (TPSA) is 57.7 Å². The SMILES string of the molecule is O=C(CN1CCC[C@@H]1c1cccs1)N(C1CCCC1)[C@H]1CCS(=O)(=O)C1. The number of carbonyl (C=O) groups excluding carboxylic acids is 1. The number of sulfone groups is 1. The fraction of sp³-hybridized carbons (Fsp3) is 0.737. The molecule has 2 atom stereocenters. The summed E-state index contributed by atoms with van der Waals surface area (Å²) in [5.41, 5.74) is 0. The van der Waals surface area contributed by atoms with Gasteiger partial charge in [-0.3, -0.25) is 9.69 Å². The number of thiophene rings is 1. The maximum absolute atomic E-state index is 13.3. The van der Waals surface area contributed by atoms with Crippen LogP contribution in [0.15, 0.2) is 17.5 Å². The second kappa shape index (κ2) is 7.60. The first-order valence-electron chi connectivity index (χ1n) is 9.82. The summed E-state index contributed by atoms with van der Waals surface area (Å²) in [5.74, 6) is 0.529. The van der Waals surface area contributed by atoms with Crippen LogP contribution < -0.4 is 0 Å². The van der Waals surface area contributed by atoms with Crippen molar-refractivity contribution in [2.24, 2.45) is 0 Å². The van der Waals surface area contributed by atoms with Gasteiger partial charge in [0.15, 0.2) is 9.84 Å². The van der Waals surface area contributed by atoms with Gasteiger partial charge in [0.25, 0.3) is 0 Å². The smallest absolute Gasteiger partial charge is 0.237 e. The summed E-state index contributed by atoms with van der Waals surface area (Å²) in [6.07, 6.45) is 7.18. The number of likely N-dealkylation sites (tertiary alicyclic amines) is 1. The Morgan fingerprint density at radius 3 is 2.62 bits per heavy atom. The fourth-order valence-corrected chi connectivity index (χ4v) is 7.56. The summed E-state index contributed by atoms with van der Waals surface area (Å²) in [4.78, 5) is 18.9. The van der Waals surface area contributed by atoms with Crippen molar-refractivity contribution in [2.75, 3.05) is 24.6 Å². The van der Waals surface area contributed by atoms with Crippen molar-refractivity contribution >= 4 is 27.1 Å². The average Bonchev–Trinajstić information content (AvgIpc) is 3.34. The van der Waals surface area contributed by atoms with E-state index in [1.54, 1.807) is 11.3 Å². The lowest BCUT2D eigenvalue weighted by Gasteiger charge is -2.36. The first-order chi connectivity index (χ1) is 12.5. The molecule has 1 aromatic rings. The quantitative estimate of drug-likeness (QED) is 0.768. The van der Waals surface area contributed by atoms with E-state index in [-0.39, 0.29) is 29.5 Å². The highest BCUT2D eigenvalue weighted by Crippen LogP contribution is 2.35. The number of rotatable bonds is 5. The van der Waals surface area contributed by atoms with Gasteiger partial charge in [-0.15, -0.1) is 11.3 Å². The molecule has 0 aromatic carbocycles. The number of carbonyl (C=O) groups is 1. The molecule has 1 saturated carbocycles. The van der Waals surface area contributed by atoms with Gasteiger partial charge in [0.1, 0.15) is 0 Å². The minimum Gasteiger partial charge on any atom is -0.335 e. The summed E-state index contributed by atoms with van der Waals surface area (Å²) >= 11 is 1.76. The van der Waals surface area contributed by atoms with E-state index in [1.807, 2.05) is 4.90 Å². The molecule has 4 rings (SSSR count). The first-order valence-corrected chi connectivity index (χ1v) is 12.5. The maximum Gasteiger partial charge on any atom is 0.237 e. The van der Waals surface area contributed by atoms with Gasteiger partial charge in [0.05, 0.1) is 18.1 Å². The van der Waals surface area contributed by atoms with Gasteiger partial charge < -0.3 is 4.90 Å². The van der Waals surface area contributed by atoms with Crippen molar-refractivity contribution in [3.05, 3.63) is 22.4 Å². The van der Waals surface area contributed by atoms with Crippen LogP contribution in [-0.4, -0.2) is 60.8 Å². The Kier molecular flexibility index (Phi) is 5.39. The van der Waals surface area contributed by atoms with Gasteiger partial charge in [-0.25, -0.2) is 8.42 Å². The summed E-state index contributed by atoms with van der Waals surface area (Å²) < 4.78 is 24.0. The second-order valence-corrected chi connectivity index (χ2v) is 11.1. The molecule has 0 spiro atoms. The Morgan fingerprint density at radius 2 is 1.96 bits per heavy atom. The van der Waals surface area contributed by atoms with Crippen LogP contribution >= 0.6 is 11.3 Å². The number of hydrogen-bond donors (Lipinski definition) is 0. The molecular formula is C19H28N2O3S2. The standard InChI is InChI=1S/C19H28N2O3S2/c22-19(13-20-10-3-7-17(20)18-8-4-11-25-18)21(15-5-1-2-6-15)16-9-12-26(23,24)14-16/h4,8,11,15-17H,1-3,5-7,9-10,12-14H2/t16-,17+/m0/s1. The molecule has 5 nitrogen and oxygen atoms in total. The minimum absolute atomic E-state index is 0.113. The van der Waals surface area contributed by atoms with Crippen molar-refractivity contribution < 1.29 is 13.2 Å². The van der Waals surface area contributed by atoms with Crippen LogP contribution in [0.4, 0.5) is 0 Å². The van der Waals surface area contributed by atoms with E-state index < -0.39 is 9.84 Å². The van der Waals surface area contributed by atoms with E-state index in [2.05, 4.69) is 22.4 Å². The molecule has 3 fully saturated rings. The molecule has 0 radical (unpaired) electrons. The summed E-state index contributed by atoms with van der Waals surface area (Å²) in [6.45, 7) is 1.38. The fourth-order valence-electron chi connectivity index (χ4n) is 4.96. The van der Waals surface area contributed by atoms with E-state index in [9.17, 15) is 13.2 Å². The van der Waals surface area contributed by atoms with E-state index in [0.717, 1.165) is 45.1 Å². The molecule has 26 heavy (non-hydrogen) atoms. The van der Waals surface area contributed by atoms with Crippen LogP contribution in [0.5, 0.6) is 0 Å². The normalized spacial score (nSPS) is 29.4. The zero-order valence-corrected chi connectivity index (χ0v) is 16.8. The predicted octanol–water partition coefficient (Wildman–Crippen LogP) is 2.84. The molecule has 2 aliphatic heterocycles. The number of amides is 1. The molecule has 1 aromatic heterocycles. The van der Waals surface area contributed by atoms with Crippen molar-refractivity contribution in [2.45, 2.75) is 63.1 Å². The summed E-state index contributed by atoms with van der Waals surface area (Å²) in [5, 5.41) is 2.10. The van der Waals surface area contributed by atoms with Gasteiger partial charge in [-0.2, -0.15) is 0 Å². The zero-order chi connectivity index (χ0) is 18.1. The molecule has 2 saturated heterocycles. The second-order valence-electron chi connectivity index (χ2n) is 7.94. The van der Waals surface area contributed by atoms with Gasteiger partial charge in [0, 0.05) is 23.0 Å². The monoisotopic (exact) mass is 396 g/mol. The zero-order valence-electron chi connectivity index (χ0n) is 15.2. The van der Waals surface area contributed by atoms with Crippen LogP contribution in [-0.2, 0) is 14.6 Å². The van der Waals surface area contributed by atoms with Crippen LogP contribution in [0.1, 0.15) is 55.9 Å². The Bertz CT molecular complexity index is 726. The Labute approximate surface area is 160 Å². The van der Waals surface area contributed by atoms with Crippen LogP contribution in [0.2, 0.25) is 0 Å². The van der Waals surface area contributed by atoms with Crippen LogP contribution in [0, 0.1) is 0 Å². The molecule has 0 N–H and O–H groups in total. The lowest BCUT2D eigenvalue weighted by molar-refractivity contribution is -0.137. The molecule has 1 amide bonds. The van der Waals surface area contributed by atoms with Crippen molar-refractivity contribution in [1.29, 1.82) is 0 Å². The molecule has 3 heterocycles. The lowest BCUT2D eigenvalue weighted by Crippen LogP contribution is -2.50. The largest absolute Gasteiger partial charge is 0.335 e. The van der Waals surface area contributed by atoms with Crippen LogP contribution in [0.3, 0.4) is 0 Å². The highest BCUT2D eigenvalue weighted by atomic mass is 32.2. The predicted molar refractivity (Wildman–Crippen MR) is 104 cm³/mol. The van der Waals surface area contributed by atoms with Gasteiger partial charge >= 0.3 is 0 Å². The third-order valence-corrected chi connectivity index (χ3v) is 8.91. The molecule has 144 valence electrons. The van der Waals surface area contributed by atoms with Crippen molar-refractivity contribution in [3.63, 3.8) is 0 Å². The Morgan fingerprint density at radius 1 is 1.15 bits per heavy atom. The van der Waals surface area contributed by atoms with Gasteiger partial charge in [-0.05, 0) is 50.1 Å². The summed E-state index contributed by atoms with van der Waals surface area (Å²) in [6, 6.07) is 4.71. The molecule has 7 heteroatoms. The van der Waals surface area contributed by atoms with E-state index >= 15 is 0 Å².